The van der Waals surface area contributed by atoms with Crippen molar-refractivity contribution in [3.63, 3.8) is 0 Å². The van der Waals surface area contributed by atoms with E-state index < -0.39 is 10.0 Å². The molecule has 0 heterocycles. The number of sulfonamides is 1. The smallest absolute Gasteiger partial charge is 0.261 e. The van der Waals surface area contributed by atoms with E-state index in [4.69, 9.17) is 23.2 Å². The lowest BCUT2D eigenvalue weighted by molar-refractivity contribution is -0.115. The summed E-state index contributed by atoms with van der Waals surface area (Å²) in [6.45, 7) is 3.77. The van der Waals surface area contributed by atoms with Crippen molar-refractivity contribution < 1.29 is 13.2 Å². The minimum Gasteiger partial charge on any atom is -0.325 e. The van der Waals surface area contributed by atoms with Gasteiger partial charge in [0.25, 0.3) is 10.0 Å². The second-order valence-corrected chi connectivity index (χ2v) is 10.9. The van der Waals surface area contributed by atoms with Crippen molar-refractivity contribution in [1.82, 2.24) is 0 Å². The Morgan fingerprint density at radius 2 is 1.59 bits per heavy atom. The molecule has 0 spiro atoms. The summed E-state index contributed by atoms with van der Waals surface area (Å²) in [6, 6.07) is 18.3. The highest BCUT2D eigenvalue weighted by molar-refractivity contribution is 8.00. The van der Waals surface area contributed by atoms with Gasteiger partial charge in [0.05, 0.1) is 15.8 Å². The third-order valence-electron chi connectivity index (χ3n) is 4.61. The van der Waals surface area contributed by atoms with Crippen LogP contribution in [0.15, 0.2) is 76.5 Å². The molecule has 9 heteroatoms. The van der Waals surface area contributed by atoms with Gasteiger partial charge in [-0.1, -0.05) is 36.2 Å². The number of thioether (sulfide) groups is 1. The summed E-state index contributed by atoms with van der Waals surface area (Å²) >= 11 is 13.4. The van der Waals surface area contributed by atoms with E-state index in [1.54, 1.807) is 42.5 Å². The molecule has 1 amide bonds. The van der Waals surface area contributed by atoms with Crippen LogP contribution in [0.3, 0.4) is 0 Å². The van der Waals surface area contributed by atoms with Gasteiger partial charge >= 0.3 is 0 Å². The maximum Gasteiger partial charge on any atom is 0.261 e. The highest BCUT2D eigenvalue weighted by Crippen LogP contribution is 2.28. The van der Waals surface area contributed by atoms with Crippen molar-refractivity contribution in [2.45, 2.75) is 35.3 Å². The average molecular weight is 509 g/mol. The monoisotopic (exact) mass is 508 g/mol. The number of amides is 1. The van der Waals surface area contributed by atoms with Crippen molar-refractivity contribution in [1.29, 1.82) is 0 Å². The van der Waals surface area contributed by atoms with Crippen molar-refractivity contribution in [2.24, 2.45) is 0 Å². The largest absolute Gasteiger partial charge is 0.325 e. The molecule has 1 atom stereocenters. The van der Waals surface area contributed by atoms with Crippen LogP contribution in [0.4, 0.5) is 11.4 Å². The van der Waals surface area contributed by atoms with E-state index in [0.717, 1.165) is 10.5 Å². The standard InChI is InChI=1S/C23H22Cl2N2O3S2/c1-3-22(31-19-10-5-16(24)6-11-19)23(28)26-17-8-12-20(13-9-17)32(29,30)27-18-7-4-15(2)21(25)14-18/h4-14,22,27H,3H2,1-2H3,(H,26,28)/t22-/m1/s1. The number of rotatable bonds is 8. The lowest BCUT2D eigenvalue weighted by Gasteiger charge is -2.15. The number of hydrogen-bond donors (Lipinski definition) is 2. The number of nitrogens with one attached hydrogen (secondary N) is 2. The van der Waals surface area contributed by atoms with E-state index >= 15 is 0 Å². The van der Waals surface area contributed by atoms with E-state index in [0.29, 0.717) is 27.8 Å². The quantitative estimate of drug-likeness (QED) is 0.335. The molecule has 0 aromatic heterocycles. The molecule has 2 N–H and O–H groups in total. The van der Waals surface area contributed by atoms with E-state index in [9.17, 15) is 13.2 Å². The number of aryl methyl sites for hydroxylation is 1. The Hall–Kier alpha value is -2.19. The van der Waals surface area contributed by atoms with Gasteiger partial charge in [-0.2, -0.15) is 0 Å². The highest BCUT2D eigenvalue weighted by Gasteiger charge is 2.19. The number of hydrogen-bond acceptors (Lipinski definition) is 4. The Morgan fingerprint density at radius 1 is 0.969 bits per heavy atom. The molecular formula is C23H22Cl2N2O3S2. The normalized spacial score (nSPS) is 12.2. The van der Waals surface area contributed by atoms with Crippen LogP contribution in [0.25, 0.3) is 0 Å². The van der Waals surface area contributed by atoms with Crippen LogP contribution in [0.2, 0.25) is 10.0 Å². The second-order valence-electron chi connectivity index (χ2n) is 7.05. The van der Waals surface area contributed by atoms with Crippen LogP contribution in [-0.2, 0) is 14.8 Å². The lowest BCUT2D eigenvalue weighted by atomic mass is 10.2. The number of carbonyl (C=O) groups excluding carboxylic acids is 1. The molecule has 0 aliphatic rings. The van der Waals surface area contributed by atoms with Gasteiger partial charge in [0.1, 0.15) is 0 Å². The number of carbonyl (C=O) groups is 1. The summed E-state index contributed by atoms with van der Waals surface area (Å²) in [4.78, 5) is 13.7. The van der Waals surface area contributed by atoms with Crippen molar-refractivity contribution in [2.75, 3.05) is 10.0 Å². The van der Waals surface area contributed by atoms with Crippen LogP contribution in [0, 0.1) is 6.92 Å². The number of halogens is 2. The van der Waals surface area contributed by atoms with Gasteiger partial charge in [-0.05, 0) is 79.6 Å². The van der Waals surface area contributed by atoms with Crippen LogP contribution in [-0.4, -0.2) is 19.6 Å². The summed E-state index contributed by atoms with van der Waals surface area (Å²) in [5.41, 5.74) is 1.75. The summed E-state index contributed by atoms with van der Waals surface area (Å²) in [7, 11) is -3.79. The fourth-order valence-corrected chi connectivity index (χ4v) is 5.12. The van der Waals surface area contributed by atoms with E-state index in [1.165, 1.54) is 23.9 Å². The van der Waals surface area contributed by atoms with Gasteiger partial charge in [0.15, 0.2) is 0 Å². The Morgan fingerprint density at radius 3 is 2.19 bits per heavy atom. The SMILES string of the molecule is CC[C@@H](Sc1ccc(Cl)cc1)C(=O)Nc1ccc(S(=O)(=O)Nc2ccc(C)c(Cl)c2)cc1. The first kappa shape index (κ1) is 24.5. The van der Waals surface area contributed by atoms with Gasteiger partial charge in [0, 0.05) is 20.6 Å². The molecule has 0 unspecified atom stereocenters. The molecule has 0 aliphatic heterocycles. The predicted octanol–water partition coefficient (Wildman–Crippen LogP) is 6.61. The molecule has 0 radical (unpaired) electrons. The lowest BCUT2D eigenvalue weighted by Crippen LogP contribution is -2.24. The fraction of sp³-hybridized carbons (Fsp3) is 0.174. The van der Waals surface area contributed by atoms with Gasteiger partial charge in [0.2, 0.25) is 5.91 Å². The minimum atomic E-state index is -3.79. The third-order valence-corrected chi connectivity index (χ3v) is 8.04. The van der Waals surface area contributed by atoms with Gasteiger partial charge < -0.3 is 5.32 Å². The Kier molecular flexibility index (Phi) is 8.11. The molecule has 3 aromatic carbocycles. The Balaban J connectivity index is 1.66. The molecule has 3 aromatic rings. The Bertz CT molecular complexity index is 1200. The maximum absolute atomic E-state index is 12.7. The van der Waals surface area contributed by atoms with E-state index in [2.05, 4.69) is 10.0 Å². The topological polar surface area (TPSA) is 75.3 Å². The molecule has 168 valence electrons. The Labute approximate surface area is 202 Å². The van der Waals surface area contributed by atoms with Gasteiger partial charge in [-0.3, -0.25) is 9.52 Å². The van der Waals surface area contributed by atoms with Crippen LogP contribution in [0.1, 0.15) is 18.9 Å². The molecule has 0 aliphatic carbocycles. The molecule has 32 heavy (non-hydrogen) atoms. The first-order valence-corrected chi connectivity index (χ1v) is 12.9. The minimum absolute atomic E-state index is 0.0785. The van der Waals surface area contributed by atoms with Crippen LogP contribution >= 0.6 is 35.0 Å². The van der Waals surface area contributed by atoms with E-state index in [1.807, 2.05) is 26.0 Å². The van der Waals surface area contributed by atoms with Gasteiger partial charge in [-0.15, -0.1) is 11.8 Å². The fourth-order valence-electron chi connectivity index (χ4n) is 2.81. The zero-order chi connectivity index (χ0) is 23.3. The zero-order valence-corrected chi connectivity index (χ0v) is 20.6. The first-order chi connectivity index (χ1) is 15.2. The number of anilines is 2. The summed E-state index contributed by atoms with van der Waals surface area (Å²) < 4.78 is 27.8. The van der Waals surface area contributed by atoms with Crippen molar-refractivity contribution in [3.8, 4) is 0 Å². The van der Waals surface area contributed by atoms with Crippen LogP contribution < -0.4 is 10.0 Å². The number of benzene rings is 3. The maximum atomic E-state index is 12.7. The molecular weight excluding hydrogens is 487 g/mol. The molecule has 5 nitrogen and oxygen atoms in total. The molecule has 0 saturated carbocycles. The van der Waals surface area contributed by atoms with Crippen LogP contribution in [0.5, 0.6) is 0 Å². The first-order valence-electron chi connectivity index (χ1n) is 9.80. The third kappa shape index (κ3) is 6.42. The molecule has 3 rings (SSSR count). The average Bonchev–Trinajstić information content (AvgIpc) is 2.76. The molecule has 0 saturated heterocycles. The highest BCUT2D eigenvalue weighted by atomic mass is 35.5. The van der Waals surface area contributed by atoms with Crippen molar-refractivity contribution in [3.05, 3.63) is 82.3 Å². The molecule has 0 fully saturated rings. The summed E-state index contributed by atoms with van der Waals surface area (Å²) in [5.74, 6) is -0.157. The second kappa shape index (κ2) is 10.6. The summed E-state index contributed by atoms with van der Waals surface area (Å²) in [6.07, 6.45) is 0.634. The van der Waals surface area contributed by atoms with Crippen molar-refractivity contribution >= 4 is 62.3 Å². The molecule has 0 bridgehead atoms. The summed E-state index contributed by atoms with van der Waals surface area (Å²) in [5, 5.41) is 3.67. The zero-order valence-electron chi connectivity index (χ0n) is 17.4. The van der Waals surface area contributed by atoms with E-state index in [-0.39, 0.29) is 16.1 Å². The predicted molar refractivity (Wildman–Crippen MR) is 133 cm³/mol. The van der Waals surface area contributed by atoms with Gasteiger partial charge in [-0.25, -0.2) is 8.42 Å².